The summed E-state index contributed by atoms with van der Waals surface area (Å²) in [5, 5.41) is 12.6. The summed E-state index contributed by atoms with van der Waals surface area (Å²) in [5.74, 6) is -0.531. The molecule has 0 fully saturated rings. The van der Waals surface area contributed by atoms with Crippen molar-refractivity contribution >= 4 is 5.97 Å². The number of likely N-dealkylation sites (N-methyl/N-ethyl adjacent to an activating group) is 1. The smallest absolute Gasteiger partial charge is 1.00 e. The van der Waals surface area contributed by atoms with Gasteiger partial charge in [-0.2, -0.15) is 0 Å². The second kappa shape index (κ2) is 6.59. The largest absolute Gasteiger partial charge is 1.00 e. The molecule has 0 amide bonds. The fourth-order valence-corrected chi connectivity index (χ4v) is 1.01. The van der Waals surface area contributed by atoms with E-state index in [-0.39, 0.29) is 13.8 Å². The third kappa shape index (κ3) is 4.34. The number of ether oxygens (including phenoxy) is 1. The highest BCUT2D eigenvalue weighted by molar-refractivity contribution is 5.89. The molecule has 4 nitrogen and oxygen atoms in total. The summed E-state index contributed by atoms with van der Waals surface area (Å²) < 4.78 is 4.95. The number of rotatable bonds is 4. The SMILES string of the molecule is CNC(C)(C)C(O)OC(=O)c1ccccc1.[Cl-].[H+]. The van der Waals surface area contributed by atoms with Gasteiger partial charge < -0.3 is 27.6 Å². The van der Waals surface area contributed by atoms with E-state index in [0.29, 0.717) is 5.56 Å². The van der Waals surface area contributed by atoms with E-state index in [1.165, 1.54) is 0 Å². The fourth-order valence-electron chi connectivity index (χ4n) is 1.01. The van der Waals surface area contributed by atoms with Crippen molar-refractivity contribution < 1.29 is 28.5 Å². The van der Waals surface area contributed by atoms with E-state index < -0.39 is 17.8 Å². The van der Waals surface area contributed by atoms with Gasteiger partial charge in [-0.3, -0.25) is 0 Å². The Kier molecular flexibility index (Phi) is 6.16. The van der Waals surface area contributed by atoms with Crippen LogP contribution in [0.2, 0.25) is 0 Å². The Labute approximate surface area is 109 Å². The number of hydrogen-bond donors (Lipinski definition) is 2. The Hall–Kier alpha value is -1.10. The molecule has 96 valence electrons. The number of nitrogens with one attached hydrogen (secondary N) is 1. The highest BCUT2D eigenvalue weighted by atomic mass is 35.5. The van der Waals surface area contributed by atoms with Gasteiger partial charge in [0.2, 0.25) is 6.29 Å². The first-order valence-corrected chi connectivity index (χ1v) is 5.10. The maximum atomic E-state index is 11.6. The lowest BCUT2D eigenvalue weighted by Gasteiger charge is -2.29. The maximum absolute atomic E-state index is 11.6. The van der Waals surface area contributed by atoms with Gasteiger partial charge in [-0.25, -0.2) is 4.79 Å². The third-order valence-electron chi connectivity index (χ3n) is 2.49. The van der Waals surface area contributed by atoms with Gasteiger partial charge in [0, 0.05) is 0 Å². The average Bonchev–Trinajstić information content (AvgIpc) is 2.30. The number of aliphatic hydroxyl groups excluding tert-OH is 1. The minimum absolute atomic E-state index is 0. The lowest BCUT2D eigenvalue weighted by Crippen LogP contribution is -3.00. The van der Waals surface area contributed by atoms with Crippen LogP contribution in [-0.2, 0) is 4.74 Å². The lowest BCUT2D eigenvalue weighted by atomic mass is 10.1. The van der Waals surface area contributed by atoms with Gasteiger partial charge in [-0.05, 0) is 33.0 Å². The van der Waals surface area contributed by atoms with Crippen LogP contribution in [0.25, 0.3) is 0 Å². The van der Waals surface area contributed by atoms with E-state index >= 15 is 0 Å². The van der Waals surface area contributed by atoms with Gasteiger partial charge >= 0.3 is 7.40 Å². The third-order valence-corrected chi connectivity index (χ3v) is 2.49. The van der Waals surface area contributed by atoms with Crippen LogP contribution in [-0.4, -0.2) is 30.0 Å². The minimum Gasteiger partial charge on any atom is -1.00 e. The molecular weight excluding hydrogens is 242 g/mol. The Balaban J connectivity index is 0. The topological polar surface area (TPSA) is 58.6 Å². The Bertz CT molecular complexity index is 360. The summed E-state index contributed by atoms with van der Waals surface area (Å²) in [4.78, 5) is 11.6. The summed E-state index contributed by atoms with van der Waals surface area (Å²) in [5.41, 5.74) is -0.252. The molecule has 0 aromatic heterocycles. The highest BCUT2D eigenvalue weighted by Crippen LogP contribution is 2.12. The van der Waals surface area contributed by atoms with Crippen molar-refractivity contribution in [1.82, 2.24) is 5.32 Å². The summed E-state index contributed by atoms with van der Waals surface area (Å²) in [6.45, 7) is 3.49. The molecule has 0 aliphatic heterocycles. The fraction of sp³-hybridized carbons (Fsp3) is 0.417. The molecule has 1 atom stereocenters. The number of esters is 1. The summed E-state index contributed by atoms with van der Waals surface area (Å²) in [6.07, 6.45) is -1.19. The van der Waals surface area contributed by atoms with Crippen LogP contribution in [0.15, 0.2) is 30.3 Å². The Morgan fingerprint density at radius 2 is 1.94 bits per heavy atom. The van der Waals surface area contributed by atoms with Crippen molar-refractivity contribution in [1.29, 1.82) is 0 Å². The van der Waals surface area contributed by atoms with Crippen molar-refractivity contribution in [2.45, 2.75) is 25.7 Å². The molecular formula is C12H18ClNO3. The molecule has 17 heavy (non-hydrogen) atoms. The van der Waals surface area contributed by atoms with E-state index in [2.05, 4.69) is 5.32 Å². The summed E-state index contributed by atoms with van der Waals surface area (Å²) in [6, 6.07) is 8.58. The van der Waals surface area contributed by atoms with Crippen molar-refractivity contribution in [3.05, 3.63) is 35.9 Å². The van der Waals surface area contributed by atoms with Crippen LogP contribution >= 0.6 is 0 Å². The molecule has 1 aromatic rings. The molecule has 2 N–H and O–H groups in total. The zero-order valence-electron chi connectivity index (χ0n) is 11.1. The number of aliphatic hydroxyl groups is 1. The van der Waals surface area contributed by atoms with Crippen molar-refractivity contribution in [2.24, 2.45) is 0 Å². The van der Waals surface area contributed by atoms with Gasteiger partial charge in [0.15, 0.2) is 0 Å². The maximum Gasteiger partial charge on any atom is 1.00 e. The minimum atomic E-state index is -1.19. The van der Waals surface area contributed by atoms with Crippen LogP contribution in [0.1, 0.15) is 25.6 Å². The van der Waals surface area contributed by atoms with E-state index in [1.807, 2.05) is 6.07 Å². The lowest BCUT2D eigenvalue weighted by molar-refractivity contribution is -0.107. The van der Waals surface area contributed by atoms with E-state index in [0.717, 1.165) is 0 Å². The molecule has 1 aromatic carbocycles. The van der Waals surface area contributed by atoms with E-state index in [1.54, 1.807) is 45.2 Å². The normalized spacial score (nSPS) is 12.5. The number of benzene rings is 1. The van der Waals surface area contributed by atoms with Gasteiger partial charge in [0.05, 0.1) is 11.1 Å². The summed E-state index contributed by atoms with van der Waals surface area (Å²) >= 11 is 0. The number of halogens is 1. The average molecular weight is 260 g/mol. The quantitative estimate of drug-likeness (QED) is 0.499. The van der Waals surface area contributed by atoms with Gasteiger partial charge in [0.25, 0.3) is 0 Å². The predicted molar refractivity (Wildman–Crippen MR) is 62.1 cm³/mol. The highest BCUT2D eigenvalue weighted by Gasteiger charge is 2.29. The van der Waals surface area contributed by atoms with Crippen molar-refractivity contribution in [2.75, 3.05) is 7.05 Å². The van der Waals surface area contributed by atoms with E-state index in [4.69, 9.17) is 4.74 Å². The Morgan fingerprint density at radius 1 is 1.41 bits per heavy atom. The standard InChI is InChI=1S/C12H17NO3.ClH/c1-12(2,13-3)11(15)16-10(14)9-7-5-4-6-8-9;/h4-8,11,13,15H,1-3H3;1H. The monoisotopic (exact) mass is 259 g/mol. The zero-order chi connectivity index (χ0) is 12.2. The van der Waals surface area contributed by atoms with Crippen molar-refractivity contribution in [3.8, 4) is 0 Å². The second-order valence-electron chi connectivity index (χ2n) is 4.10. The molecule has 0 spiro atoms. The zero-order valence-corrected chi connectivity index (χ0v) is 10.9. The first kappa shape index (κ1) is 15.9. The number of carbonyl (C=O) groups excluding carboxylic acids is 1. The van der Waals surface area contributed by atoms with Crippen LogP contribution in [0.3, 0.4) is 0 Å². The molecule has 0 aliphatic rings. The van der Waals surface area contributed by atoms with Gasteiger partial charge in [-0.15, -0.1) is 0 Å². The molecule has 0 aliphatic carbocycles. The van der Waals surface area contributed by atoms with Gasteiger partial charge in [0.1, 0.15) is 0 Å². The molecule has 1 unspecified atom stereocenters. The van der Waals surface area contributed by atoms with Crippen LogP contribution < -0.4 is 17.7 Å². The predicted octanol–water partition coefficient (Wildman–Crippen LogP) is -1.72. The molecule has 0 heterocycles. The van der Waals surface area contributed by atoms with Crippen molar-refractivity contribution in [3.63, 3.8) is 0 Å². The van der Waals surface area contributed by atoms with Gasteiger partial charge in [-0.1, -0.05) is 18.2 Å². The molecule has 0 radical (unpaired) electrons. The molecule has 0 bridgehead atoms. The van der Waals surface area contributed by atoms with E-state index in [9.17, 15) is 9.90 Å². The molecule has 0 saturated carbocycles. The van der Waals surface area contributed by atoms with Crippen LogP contribution in [0.4, 0.5) is 0 Å². The van der Waals surface area contributed by atoms with Crippen LogP contribution in [0.5, 0.6) is 0 Å². The molecule has 0 saturated heterocycles. The second-order valence-corrected chi connectivity index (χ2v) is 4.10. The first-order valence-electron chi connectivity index (χ1n) is 5.10. The molecule has 5 heteroatoms. The molecule has 1 rings (SSSR count). The number of hydrogen-bond acceptors (Lipinski definition) is 4. The van der Waals surface area contributed by atoms with Crippen LogP contribution in [0, 0.1) is 0 Å². The Morgan fingerprint density at radius 3 is 2.41 bits per heavy atom. The number of carbonyl (C=O) groups is 1. The summed E-state index contributed by atoms with van der Waals surface area (Å²) in [7, 11) is 1.69. The first-order chi connectivity index (χ1) is 7.47.